The Morgan fingerprint density at radius 2 is 1.89 bits per heavy atom. The fourth-order valence-electron chi connectivity index (χ4n) is 3.09. The summed E-state index contributed by atoms with van der Waals surface area (Å²) in [6.07, 6.45) is 1.80. The van der Waals surface area contributed by atoms with Gasteiger partial charge in [0.25, 0.3) is 5.56 Å². The van der Waals surface area contributed by atoms with Gasteiger partial charge in [-0.3, -0.25) is 18.7 Å². The van der Waals surface area contributed by atoms with Gasteiger partial charge in [0.05, 0.1) is 6.33 Å². The number of rotatable bonds is 5. The van der Waals surface area contributed by atoms with Crippen LogP contribution >= 0.6 is 0 Å². The molecule has 0 aliphatic heterocycles. The highest BCUT2D eigenvalue weighted by atomic mass is 16.3. The molecule has 0 radical (unpaired) electrons. The predicted molar refractivity (Wildman–Crippen MR) is 101 cm³/mol. The molecule has 2 aromatic heterocycles. The van der Waals surface area contributed by atoms with Gasteiger partial charge in [-0.1, -0.05) is 6.07 Å². The van der Waals surface area contributed by atoms with Crippen molar-refractivity contribution in [2.24, 2.45) is 14.1 Å². The summed E-state index contributed by atoms with van der Waals surface area (Å²) < 4.78 is 3.63. The van der Waals surface area contributed by atoms with E-state index >= 15 is 0 Å². The lowest BCUT2D eigenvalue weighted by atomic mass is 10.1. The van der Waals surface area contributed by atoms with Crippen LogP contribution < -0.4 is 16.6 Å². The van der Waals surface area contributed by atoms with Crippen LogP contribution in [0.25, 0.3) is 11.2 Å². The Morgan fingerprint density at radius 1 is 1.18 bits per heavy atom. The molecular weight excluding hydrogens is 366 g/mol. The first kappa shape index (κ1) is 19.2. The first-order chi connectivity index (χ1) is 13.2. The number of aromatic hydroxyl groups is 2. The number of benzene rings is 1. The van der Waals surface area contributed by atoms with Crippen molar-refractivity contribution in [3.63, 3.8) is 0 Å². The van der Waals surface area contributed by atoms with Crippen molar-refractivity contribution >= 4 is 17.1 Å². The van der Waals surface area contributed by atoms with Crippen LogP contribution in [0.15, 0.2) is 34.1 Å². The molecule has 0 aliphatic rings. The topological polar surface area (TPSA) is 131 Å². The molecule has 2 heterocycles. The van der Waals surface area contributed by atoms with Crippen LogP contribution in [0.5, 0.6) is 11.5 Å². The summed E-state index contributed by atoms with van der Waals surface area (Å²) in [4.78, 5) is 40.8. The van der Waals surface area contributed by atoms with Crippen LogP contribution in [-0.4, -0.2) is 40.8 Å². The molecular formula is C18H21N5O5. The number of aromatic nitrogens is 4. The number of phenolic OH excluding ortho intramolecular Hbond substituents is 2. The molecule has 10 nitrogen and oxygen atoms in total. The largest absolute Gasteiger partial charge is 0.504 e. The molecule has 0 saturated heterocycles. The SMILES string of the molecule is CC(Cc1ccc(O)c(O)c1)NC(=O)Cn1cnc2c1c(=O)n(C)c(=O)n2C. The Balaban J connectivity index is 1.75. The number of amides is 1. The Labute approximate surface area is 159 Å². The quantitative estimate of drug-likeness (QED) is 0.510. The average molecular weight is 387 g/mol. The van der Waals surface area contributed by atoms with E-state index in [0.717, 1.165) is 10.1 Å². The molecule has 3 N–H and O–H groups in total. The number of aryl methyl sites for hydroxylation is 1. The van der Waals surface area contributed by atoms with Crippen molar-refractivity contribution in [3.05, 3.63) is 50.9 Å². The smallest absolute Gasteiger partial charge is 0.332 e. The Morgan fingerprint density at radius 3 is 2.57 bits per heavy atom. The van der Waals surface area contributed by atoms with E-state index in [1.54, 1.807) is 13.0 Å². The van der Waals surface area contributed by atoms with Gasteiger partial charge in [0.2, 0.25) is 5.91 Å². The lowest BCUT2D eigenvalue weighted by molar-refractivity contribution is -0.122. The van der Waals surface area contributed by atoms with Crippen LogP contribution in [0.1, 0.15) is 12.5 Å². The summed E-state index contributed by atoms with van der Waals surface area (Å²) in [6, 6.07) is 4.23. The summed E-state index contributed by atoms with van der Waals surface area (Å²) in [5.41, 5.74) is 0.137. The first-order valence-corrected chi connectivity index (χ1v) is 8.60. The minimum atomic E-state index is -0.518. The minimum Gasteiger partial charge on any atom is -0.504 e. The number of imidazole rings is 1. The molecule has 3 rings (SSSR count). The van der Waals surface area contributed by atoms with Crippen LogP contribution in [0.3, 0.4) is 0 Å². The number of hydrogen-bond donors (Lipinski definition) is 3. The molecule has 0 bridgehead atoms. The number of nitrogens with zero attached hydrogens (tertiary/aromatic N) is 4. The van der Waals surface area contributed by atoms with E-state index in [2.05, 4.69) is 10.3 Å². The fourth-order valence-corrected chi connectivity index (χ4v) is 3.09. The molecule has 1 unspecified atom stereocenters. The van der Waals surface area contributed by atoms with Crippen LogP contribution in [0.4, 0.5) is 0 Å². The van der Waals surface area contributed by atoms with Gasteiger partial charge >= 0.3 is 5.69 Å². The maximum absolute atomic E-state index is 12.4. The number of carbonyl (C=O) groups is 1. The van der Waals surface area contributed by atoms with Crippen molar-refractivity contribution in [3.8, 4) is 11.5 Å². The molecule has 10 heteroatoms. The standard InChI is InChI=1S/C18H21N5O5/c1-10(6-11-4-5-12(24)13(25)7-11)20-14(26)8-23-9-19-16-15(23)17(27)22(3)18(28)21(16)2/h4-5,7,9-10,24-25H,6,8H2,1-3H3,(H,20,26). The third-order valence-corrected chi connectivity index (χ3v) is 4.52. The molecule has 0 spiro atoms. The van der Waals surface area contributed by atoms with Gasteiger partial charge in [0.15, 0.2) is 22.7 Å². The summed E-state index contributed by atoms with van der Waals surface area (Å²) in [6.45, 7) is 1.67. The van der Waals surface area contributed by atoms with Gasteiger partial charge < -0.3 is 20.1 Å². The Kier molecular flexibility index (Phi) is 4.95. The third kappa shape index (κ3) is 3.48. The summed E-state index contributed by atoms with van der Waals surface area (Å²) in [5, 5.41) is 21.7. The summed E-state index contributed by atoms with van der Waals surface area (Å²) in [5.74, 6) is -0.753. The minimum absolute atomic E-state index is 0.130. The highest BCUT2D eigenvalue weighted by Gasteiger charge is 2.17. The third-order valence-electron chi connectivity index (χ3n) is 4.52. The van der Waals surface area contributed by atoms with E-state index in [0.29, 0.717) is 6.42 Å². The van der Waals surface area contributed by atoms with Crippen LogP contribution in [0, 0.1) is 0 Å². The average Bonchev–Trinajstić information content (AvgIpc) is 3.04. The second-order valence-electron chi connectivity index (χ2n) is 6.75. The number of carbonyl (C=O) groups excluding carboxylic acids is 1. The van der Waals surface area contributed by atoms with Crippen molar-refractivity contribution < 1.29 is 15.0 Å². The normalized spacial score (nSPS) is 12.2. The summed E-state index contributed by atoms with van der Waals surface area (Å²) in [7, 11) is 2.88. The van der Waals surface area contributed by atoms with Crippen LogP contribution in [0.2, 0.25) is 0 Å². The molecule has 28 heavy (non-hydrogen) atoms. The molecule has 3 aromatic rings. The zero-order chi connectivity index (χ0) is 20.6. The predicted octanol–water partition coefficient (Wildman–Crippen LogP) is -0.408. The van der Waals surface area contributed by atoms with Gasteiger partial charge in [0, 0.05) is 20.1 Å². The van der Waals surface area contributed by atoms with E-state index < -0.39 is 11.2 Å². The second kappa shape index (κ2) is 7.22. The first-order valence-electron chi connectivity index (χ1n) is 8.60. The van der Waals surface area contributed by atoms with Gasteiger partial charge in [-0.2, -0.15) is 0 Å². The van der Waals surface area contributed by atoms with E-state index in [9.17, 15) is 24.6 Å². The van der Waals surface area contributed by atoms with Gasteiger partial charge in [-0.15, -0.1) is 0 Å². The fraction of sp³-hybridized carbons (Fsp3) is 0.333. The van der Waals surface area contributed by atoms with Crippen molar-refractivity contribution in [2.75, 3.05) is 0 Å². The zero-order valence-corrected chi connectivity index (χ0v) is 15.7. The zero-order valence-electron chi connectivity index (χ0n) is 15.7. The molecule has 0 saturated carbocycles. The van der Waals surface area contributed by atoms with Gasteiger partial charge in [0.1, 0.15) is 6.54 Å². The molecule has 0 aliphatic carbocycles. The van der Waals surface area contributed by atoms with E-state index in [-0.39, 0.29) is 41.2 Å². The second-order valence-corrected chi connectivity index (χ2v) is 6.75. The lowest BCUT2D eigenvalue weighted by Gasteiger charge is -2.15. The van der Waals surface area contributed by atoms with Crippen molar-refractivity contribution in [1.29, 1.82) is 0 Å². The van der Waals surface area contributed by atoms with Gasteiger partial charge in [-0.05, 0) is 31.0 Å². The van der Waals surface area contributed by atoms with E-state index in [1.165, 1.54) is 41.7 Å². The maximum atomic E-state index is 12.4. The molecule has 0 fully saturated rings. The van der Waals surface area contributed by atoms with Gasteiger partial charge in [-0.25, -0.2) is 9.78 Å². The molecule has 1 aromatic carbocycles. The van der Waals surface area contributed by atoms with Crippen LogP contribution in [-0.2, 0) is 31.9 Å². The number of nitrogens with one attached hydrogen (secondary N) is 1. The maximum Gasteiger partial charge on any atom is 0.332 e. The highest BCUT2D eigenvalue weighted by Crippen LogP contribution is 2.25. The Hall–Kier alpha value is -3.56. The highest BCUT2D eigenvalue weighted by molar-refractivity contribution is 5.79. The number of phenols is 2. The molecule has 1 atom stereocenters. The van der Waals surface area contributed by atoms with E-state index in [4.69, 9.17) is 0 Å². The van der Waals surface area contributed by atoms with Crippen molar-refractivity contribution in [1.82, 2.24) is 24.0 Å². The van der Waals surface area contributed by atoms with E-state index in [1.807, 2.05) is 0 Å². The Bertz CT molecular complexity index is 1170. The van der Waals surface area contributed by atoms with Crippen molar-refractivity contribution in [2.45, 2.75) is 25.9 Å². The monoisotopic (exact) mass is 387 g/mol. The lowest BCUT2D eigenvalue weighted by Crippen LogP contribution is -2.39. The molecule has 148 valence electrons. The number of fused-ring (bicyclic) bond motifs is 1. The number of hydrogen-bond acceptors (Lipinski definition) is 6. The molecule has 1 amide bonds. The summed E-state index contributed by atoms with van der Waals surface area (Å²) >= 11 is 0.